The first-order chi connectivity index (χ1) is 9.52. The van der Waals surface area contributed by atoms with E-state index in [0.29, 0.717) is 0 Å². The van der Waals surface area contributed by atoms with E-state index in [9.17, 15) is 9.90 Å². The minimum absolute atomic E-state index is 0.143. The number of carbonyl (C=O) groups is 1. The van der Waals surface area contributed by atoms with Crippen LogP contribution < -0.4 is 5.32 Å². The van der Waals surface area contributed by atoms with E-state index in [2.05, 4.69) is 5.32 Å². The van der Waals surface area contributed by atoms with Gasteiger partial charge in [0.15, 0.2) is 0 Å². The molecule has 4 heteroatoms. The number of rotatable bonds is 4. The molecule has 0 fully saturated rings. The maximum Gasteiger partial charge on any atom is 0.412 e. The summed E-state index contributed by atoms with van der Waals surface area (Å²) in [6, 6.07) is 5.88. The SMILES string of the molecule is Cc1cc(CC(C)(C)CO)ccc1NC(=O)OC(C)(C)C. The molecule has 0 radical (unpaired) electrons. The number of anilines is 1. The molecule has 2 N–H and O–H groups in total. The molecular weight excluding hydrogens is 266 g/mol. The molecule has 0 aliphatic heterocycles. The predicted octanol–water partition coefficient (Wildman–Crippen LogP) is 3.90. The van der Waals surface area contributed by atoms with E-state index >= 15 is 0 Å². The molecule has 0 unspecified atom stereocenters. The number of amides is 1. The van der Waals surface area contributed by atoms with Crippen LogP contribution in [-0.4, -0.2) is 23.4 Å². The predicted molar refractivity (Wildman–Crippen MR) is 85.6 cm³/mol. The standard InChI is InChI=1S/C17H27NO3/c1-12-9-13(10-17(5,6)11-19)7-8-14(12)18-15(20)21-16(2,3)4/h7-9,19H,10-11H2,1-6H3,(H,18,20). The van der Waals surface area contributed by atoms with Crippen LogP contribution in [-0.2, 0) is 11.2 Å². The zero-order valence-corrected chi connectivity index (χ0v) is 13.9. The summed E-state index contributed by atoms with van der Waals surface area (Å²) in [6.45, 7) is 11.6. The fraction of sp³-hybridized carbons (Fsp3) is 0.588. The molecule has 0 heterocycles. The van der Waals surface area contributed by atoms with Crippen molar-refractivity contribution in [3.8, 4) is 0 Å². The monoisotopic (exact) mass is 293 g/mol. The molecule has 4 nitrogen and oxygen atoms in total. The van der Waals surface area contributed by atoms with E-state index < -0.39 is 11.7 Å². The highest BCUT2D eigenvalue weighted by Gasteiger charge is 2.19. The molecule has 0 spiro atoms. The minimum Gasteiger partial charge on any atom is -0.444 e. The number of nitrogens with one attached hydrogen (secondary N) is 1. The number of ether oxygens (including phenoxy) is 1. The Hall–Kier alpha value is -1.55. The van der Waals surface area contributed by atoms with Crippen molar-refractivity contribution in [2.24, 2.45) is 5.41 Å². The molecule has 0 aliphatic rings. The number of hydrogen-bond donors (Lipinski definition) is 2. The molecule has 1 aromatic rings. The maximum atomic E-state index is 11.8. The summed E-state index contributed by atoms with van der Waals surface area (Å²) in [6.07, 6.45) is 0.339. The molecule has 0 aliphatic carbocycles. The van der Waals surface area contributed by atoms with Gasteiger partial charge in [-0.25, -0.2) is 4.79 Å². The fourth-order valence-electron chi connectivity index (χ4n) is 2.00. The zero-order chi connectivity index (χ0) is 16.3. The second kappa shape index (κ2) is 6.48. The average molecular weight is 293 g/mol. The van der Waals surface area contributed by atoms with Gasteiger partial charge in [0.05, 0.1) is 0 Å². The third-order valence-corrected chi connectivity index (χ3v) is 3.04. The third kappa shape index (κ3) is 6.17. The van der Waals surface area contributed by atoms with Crippen LogP contribution in [0.25, 0.3) is 0 Å². The van der Waals surface area contributed by atoms with E-state index in [1.165, 1.54) is 0 Å². The Balaban J connectivity index is 2.77. The summed E-state index contributed by atoms with van der Waals surface area (Å²) in [7, 11) is 0. The van der Waals surface area contributed by atoms with Crippen LogP contribution in [0.5, 0.6) is 0 Å². The largest absolute Gasteiger partial charge is 0.444 e. The second-order valence-electron chi connectivity index (χ2n) is 7.28. The molecule has 0 saturated heterocycles. The summed E-state index contributed by atoms with van der Waals surface area (Å²) in [5.41, 5.74) is 2.21. The van der Waals surface area contributed by atoms with Crippen molar-refractivity contribution in [2.75, 3.05) is 11.9 Å². The highest BCUT2D eigenvalue weighted by Crippen LogP contribution is 2.24. The van der Waals surface area contributed by atoms with Crippen LogP contribution in [0.15, 0.2) is 18.2 Å². The summed E-state index contributed by atoms with van der Waals surface area (Å²) in [4.78, 5) is 11.8. The molecule has 21 heavy (non-hydrogen) atoms. The number of hydrogen-bond acceptors (Lipinski definition) is 3. The Bertz CT molecular complexity index is 501. The quantitative estimate of drug-likeness (QED) is 0.885. The van der Waals surface area contributed by atoms with Crippen molar-refractivity contribution >= 4 is 11.8 Å². The van der Waals surface area contributed by atoms with Gasteiger partial charge in [0, 0.05) is 12.3 Å². The second-order valence-corrected chi connectivity index (χ2v) is 7.28. The summed E-state index contributed by atoms with van der Waals surface area (Å²) < 4.78 is 5.24. The highest BCUT2D eigenvalue weighted by atomic mass is 16.6. The van der Waals surface area contributed by atoms with Gasteiger partial charge in [-0.1, -0.05) is 26.0 Å². The van der Waals surface area contributed by atoms with Gasteiger partial charge >= 0.3 is 6.09 Å². The smallest absolute Gasteiger partial charge is 0.412 e. The van der Waals surface area contributed by atoms with Gasteiger partial charge in [-0.05, 0) is 56.7 Å². The van der Waals surface area contributed by atoms with Gasteiger partial charge < -0.3 is 9.84 Å². The van der Waals surface area contributed by atoms with Gasteiger partial charge in [-0.2, -0.15) is 0 Å². The fourth-order valence-corrected chi connectivity index (χ4v) is 2.00. The maximum absolute atomic E-state index is 11.8. The van der Waals surface area contributed by atoms with Gasteiger partial charge in [0.1, 0.15) is 5.60 Å². The van der Waals surface area contributed by atoms with Crippen molar-refractivity contribution in [2.45, 2.75) is 53.6 Å². The lowest BCUT2D eigenvalue weighted by Gasteiger charge is -2.22. The number of aliphatic hydroxyl groups excluding tert-OH is 1. The van der Waals surface area contributed by atoms with E-state index in [1.807, 2.05) is 59.7 Å². The first-order valence-corrected chi connectivity index (χ1v) is 7.23. The summed E-state index contributed by atoms with van der Waals surface area (Å²) in [5.74, 6) is 0. The number of carbonyl (C=O) groups excluding carboxylic acids is 1. The van der Waals surface area contributed by atoms with Crippen molar-refractivity contribution in [1.29, 1.82) is 0 Å². The number of benzene rings is 1. The lowest BCUT2D eigenvalue weighted by atomic mass is 9.86. The summed E-state index contributed by atoms with van der Waals surface area (Å²) in [5, 5.41) is 12.1. The molecule has 1 aromatic carbocycles. The van der Waals surface area contributed by atoms with E-state index in [4.69, 9.17) is 4.74 Å². The Morgan fingerprint density at radius 2 is 1.86 bits per heavy atom. The van der Waals surface area contributed by atoms with E-state index in [1.54, 1.807) is 0 Å². The van der Waals surface area contributed by atoms with Crippen LogP contribution in [0, 0.1) is 12.3 Å². The van der Waals surface area contributed by atoms with Crippen LogP contribution in [0.3, 0.4) is 0 Å². The highest BCUT2D eigenvalue weighted by molar-refractivity contribution is 5.85. The van der Waals surface area contributed by atoms with Crippen molar-refractivity contribution in [1.82, 2.24) is 0 Å². The molecule has 0 saturated carbocycles. The Morgan fingerprint density at radius 1 is 1.24 bits per heavy atom. The van der Waals surface area contributed by atoms with Crippen molar-refractivity contribution in [3.05, 3.63) is 29.3 Å². The molecule has 1 rings (SSSR count). The van der Waals surface area contributed by atoms with Crippen LogP contribution in [0.1, 0.15) is 45.7 Å². The number of aryl methyl sites for hydroxylation is 1. The summed E-state index contributed by atoms with van der Waals surface area (Å²) >= 11 is 0. The lowest BCUT2D eigenvalue weighted by Crippen LogP contribution is -2.27. The van der Waals surface area contributed by atoms with Gasteiger partial charge in [0.25, 0.3) is 0 Å². The molecule has 118 valence electrons. The first-order valence-electron chi connectivity index (χ1n) is 7.23. The molecule has 0 aromatic heterocycles. The lowest BCUT2D eigenvalue weighted by molar-refractivity contribution is 0.0636. The van der Waals surface area contributed by atoms with Crippen LogP contribution >= 0.6 is 0 Å². The van der Waals surface area contributed by atoms with Gasteiger partial charge in [0.2, 0.25) is 0 Å². The van der Waals surface area contributed by atoms with E-state index in [-0.39, 0.29) is 12.0 Å². The zero-order valence-electron chi connectivity index (χ0n) is 13.9. The minimum atomic E-state index is -0.511. The Morgan fingerprint density at radius 3 is 2.33 bits per heavy atom. The average Bonchev–Trinajstić information content (AvgIpc) is 2.30. The normalized spacial score (nSPS) is 12.1. The molecule has 0 bridgehead atoms. The first kappa shape index (κ1) is 17.5. The molecule has 0 atom stereocenters. The van der Waals surface area contributed by atoms with Crippen LogP contribution in [0.2, 0.25) is 0 Å². The third-order valence-electron chi connectivity index (χ3n) is 3.04. The van der Waals surface area contributed by atoms with Crippen molar-refractivity contribution < 1.29 is 14.6 Å². The van der Waals surface area contributed by atoms with E-state index in [0.717, 1.165) is 23.2 Å². The molecular formula is C17H27NO3. The van der Waals surface area contributed by atoms with Crippen LogP contribution in [0.4, 0.5) is 10.5 Å². The van der Waals surface area contributed by atoms with Gasteiger partial charge in [-0.3, -0.25) is 5.32 Å². The van der Waals surface area contributed by atoms with Crippen molar-refractivity contribution in [3.63, 3.8) is 0 Å². The Kier molecular flexibility index (Phi) is 5.40. The van der Waals surface area contributed by atoms with Gasteiger partial charge in [-0.15, -0.1) is 0 Å². The number of aliphatic hydroxyl groups is 1. The molecule has 1 amide bonds. The topological polar surface area (TPSA) is 58.6 Å². The Labute approximate surface area is 127 Å².